The molecule has 1 saturated heterocycles. The first-order valence-electron chi connectivity index (χ1n) is 11.2. The fourth-order valence-corrected chi connectivity index (χ4v) is 6.28. The van der Waals surface area contributed by atoms with Gasteiger partial charge >= 0.3 is 0 Å². The number of carbonyl (C=O) groups is 1. The van der Waals surface area contributed by atoms with Crippen molar-refractivity contribution in [1.29, 1.82) is 0 Å². The molecule has 9 heteroatoms. The minimum atomic E-state index is -3.58. The van der Waals surface area contributed by atoms with Crippen molar-refractivity contribution < 1.29 is 17.9 Å². The van der Waals surface area contributed by atoms with Crippen molar-refractivity contribution in [3.05, 3.63) is 59.2 Å². The molecule has 0 spiro atoms. The highest BCUT2D eigenvalue weighted by molar-refractivity contribution is 8.00. The van der Waals surface area contributed by atoms with E-state index >= 15 is 0 Å². The van der Waals surface area contributed by atoms with Crippen LogP contribution in [0.3, 0.4) is 0 Å². The van der Waals surface area contributed by atoms with Crippen LogP contribution in [0.25, 0.3) is 10.9 Å². The van der Waals surface area contributed by atoms with Gasteiger partial charge in [0, 0.05) is 24.2 Å². The van der Waals surface area contributed by atoms with Gasteiger partial charge in [-0.25, -0.2) is 13.4 Å². The fourth-order valence-electron chi connectivity index (χ4n) is 3.92. The van der Waals surface area contributed by atoms with E-state index < -0.39 is 10.0 Å². The number of aryl methyl sites for hydroxylation is 3. The molecule has 2 aromatic carbocycles. The van der Waals surface area contributed by atoms with E-state index in [1.807, 2.05) is 52.0 Å². The van der Waals surface area contributed by atoms with Gasteiger partial charge in [-0.05, 0) is 69.2 Å². The highest BCUT2D eigenvalue weighted by Gasteiger charge is 2.27. The lowest BCUT2D eigenvalue weighted by Gasteiger charge is -2.26. The van der Waals surface area contributed by atoms with E-state index in [2.05, 4.69) is 10.3 Å². The number of rotatable bonds is 6. The standard InChI is InChI=1S/C25H29N3O4S2/c1-16-5-7-22(18(3)13-16)27-25(29)19(4)33-24-14-17(2)21-15-20(6-8-23(21)26-24)34(30,31)28-9-11-32-12-10-28/h5-8,13-15,19H,9-12H2,1-4H3,(H,27,29)/t19-/m1/s1. The molecule has 0 radical (unpaired) electrons. The van der Waals surface area contributed by atoms with Gasteiger partial charge in [-0.1, -0.05) is 29.5 Å². The molecule has 7 nitrogen and oxygen atoms in total. The van der Waals surface area contributed by atoms with E-state index in [9.17, 15) is 13.2 Å². The molecular formula is C25H29N3O4S2. The number of anilines is 1. The number of ether oxygens (including phenoxy) is 1. The number of hydrogen-bond acceptors (Lipinski definition) is 6. The zero-order valence-corrected chi connectivity index (χ0v) is 21.4. The summed E-state index contributed by atoms with van der Waals surface area (Å²) in [5, 5.41) is 4.14. The van der Waals surface area contributed by atoms with Gasteiger partial charge in [0.2, 0.25) is 15.9 Å². The lowest BCUT2D eigenvalue weighted by molar-refractivity contribution is -0.115. The zero-order chi connectivity index (χ0) is 24.5. The quantitative estimate of drug-likeness (QED) is 0.509. The number of sulfonamides is 1. The van der Waals surface area contributed by atoms with Crippen molar-refractivity contribution in [2.24, 2.45) is 0 Å². The highest BCUT2D eigenvalue weighted by atomic mass is 32.2. The molecule has 0 saturated carbocycles. The Bertz CT molecular complexity index is 1340. The lowest BCUT2D eigenvalue weighted by atomic mass is 10.1. The van der Waals surface area contributed by atoms with Crippen molar-refractivity contribution in [3.63, 3.8) is 0 Å². The van der Waals surface area contributed by atoms with E-state index in [0.717, 1.165) is 32.8 Å². The molecule has 0 aliphatic carbocycles. The highest BCUT2D eigenvalue weighted by Crippen LogP contribution is 2.30. The van der Waals surface area contributed by atoms with E-state index in [-0.39, 0.29) is 16.1 Å². The Kier molecular flexibility index (Phi) is 7.28. The van der Waals surface area contributed by atoms with Gasteiger partial charge in [-0.3, -0.25) is 4.79 Å². The van der Waals surface area contributed by atoms with Crippen molar-refractivity contribution in [2.45, 2.75) is 42.9 Å². The summed E-state index contributed by atoms with van der Waals surface area (Å²) in [6, 6.07) is 12.9. The molecule has 1 N–H and O–H groups in total. The van der Waals surface area contributed by atoms with Crippen LogP contribution in [0.5, 0.6) is 0 Å². The Morgan fingerprint density at radius 1 is 1.06 bits per heavy atom. The third-order valence-electron chi connectivity index (χ3n) is 5.88. The molecule has 1 aromatic heterocycles. The summed E-state index contributed by atoms with van der Waals surface area (Å²) in [5.74, 6) is -0.0940. The van der Waals surface area contributed by atoms with Crippen molar-refractivity contribution in [3.8, 4) is 0 Å². The normalized spacial score (nSPS) is 15.9. The van der Waals surface area contributed by atoms with Crippen LogP contribution in [-0.4, -0.2) is 55.2 Å². The van der Waals surface area contributed by atoms with Crippen LogP contribution >= 0.6 is 11.8 Å². The molecule has 4 rings (SSSR count). The van der Waals surface area contributed by atoms with Crippen molar-refractivity contribution in [2.75, 3.05) is 31.6 Å². The summed E-state index contributed by atoms with van der Waals surface area (Å²) in [4.78, 5) is 17.7. The van der Waals surface area contributed by atoms with Crippen LogP contribution in [-0.2, 0) is 19.6 Å². The number of carbonyl (C=O) groups excluding carboxylic acids is 1. The van der Waals surface area contributed by atoms with Crippen LogP contribution in [0, 0.1) is 20.8 Å². The molecule has 1 aliphatic heterocycles. The Morgan fingerprint density at radius 3 is 2.50 bits per heavy atom. The van der Waals surface area contributed by atoms with E-state index in [0.29, 0.717) is 31.8 Å². The topological polar surface area (TPSA) is 88.6 Å². The van der Waals surface area contributed by atoms with Crippen molar-refractivity contribution in [1.82, 2.24) is 9.29 Å². The first-order valence-corrected chi connectivity index (χ1v) is 13.5. The maximum atomic E-state index is 13.0. The molecule has 34 heavy (non-hydrogen) atoms. The summed E-state index contributed by atoms with van der Waals surface area (Å²) < 4.78 is 32.8. The fraction of sp³-hybridized carbons (Fsp3) is 0.360. The summed E-state index contributed by atoms with van der Waals surface area (Å²) >= 11 is 1.38. The third-order valence-corrected chi connectivity index (χ3v) is 8.79. The van der Waals surface area contributed by atoms with Crippen LogP contribution in [0.4, 0.5) is 5.69 Å². The largest absolute Gasteiger partial charge is 0.379 e. The number of nitrogens with one attached hydrogen (secondary N) is 1. The molecule has 0 unspecified atom stereocenters. The monoisotopic (exact) mass is 499 g/mol. The maximum absolute atomic E-state index is 13.0. The molecule has 180 valence electrons. The predicted octanol–water partition coefficient (Wildman–Crippen LogP) is 4.30. The zero-order valence-electron chi connectivity index (χ0n) is 19.8. The lowest BCUT2D eigenvalue weighted by Crippen LogP contribution is -2.40. The number of benzene rings is 2. The molecule has 1 fully saturated rings. The molecule has 1 amide bonds. The minimum Gasteiger partial charge on any atom is -0.379 e. The number of morpholine rings is 1. The molecule has 2 heterocycles. The Labute approximate surface area is 205 Å². The van der Waals surface area contributed by atoms with Gasteiger partial charge in [0.05, 0.1) is 33.9 Å². The van der Waals surface area contributed by atoms with Gasteiger partial charge in [-0.15, -0.1) is 0 Å². The second-order valence-electron chi connectivity index (χ2n) is 8.54. The van der Waals surface area contributed by atoms with Gasteiger partial charge in [0.1, 0.15) is 0 Å². The molecule has 1 aliphatic rings. The number of fused-ring (bicyclic) bond motifs is 1. The number of nitrogens with zero attached hydrogens (tertiary/aromatic N) is 2. The van der Waals surface area contributed by atoms with Crippen LogP contribution < -0.4 is 5.32 Å². The average molecular weight is 500 g/mol. The Hall–Kier alpha value is -2.46. The van der Waals surface area contributed by atoms with E-state index in [1.54, 1.807) is 18.2 Å². The van der Waals surface area contributed by atoms with Gasteiger partial charge in [0.25, 0.3) is 0 Å². The smallest absolute Gasteiger partial charge is 0.243 e. The van der Waals surface area contributed by atoms with Crippen LogP contribution in [0.2, 0.25) is 0 Å². The number of aromatic nitrogens is 1. The third kappa shape index (κ3) is 5.27. The number of hydrogen-bond donors (Lipinski definition) is 1. The Morgan fingerprint density at radius 2 is 1.79 bits per heavy atom. The maximum Gasteiger partial charge on any atom is 0.243 e. The number of thioether (sulfide) groups is 1. The molecule has 1 atom stereocenters. The summed E-state index contributed by atoms with van der Waals surface area (Å²) in [7, 11) is -3.58. The second-order valence-corrected chi connectivity index (χ2v) is 11.8. The number of pyridine rings is 1. The van der Waals surface area contributed by atoms with Crippen LogP contribution in [0.15, 0.2) is 52.4 Å². The van der Waals surface area contributed by atoms with Gasteiger partial charge < -0.3 is 10.1 Å². The second kappa shape index (κ2) is 10.0. The first kappa shape index (κ1) is 24.7. The van der Waals surface area contributed by atoms with E-state index in [4.69, 9.17) is 4.74 Å². The number of amides is 1. The van der Waals surface area contributed by atoms with Crippen molar-refractivity contribution >= 4 is 44.3 Å². The molecule has 0 bridgehead atoms. The molecular weight excluding hydrogens is 470 g/mol. The van der Waals surface area contributed by atoms with E-state index in [1.165, 1.54) is 16.1 Å². The summed E-state index contributed by atoms with van der Waals surface area (Å²) in [6.45, 7) is 9.30. The SMILES string of the molecule is Cc1ccc(NC(=O)[C@@H](C)Sc2cc(C)c3cc(S(=O)(=O)N4CCOCC4)ccc3n2)c(C)c1. The molecule has 3 aromatic rings. The average Bonchev–Trinajstić information content (AvgIpc) is 2.81. The van der Waals surface area contributed by atoms with Crippen LogP contribution in [0.1, 0.15) is 23.6 Å². The Balaban J connectivity index is 1.52. The summed E-state index contributed by atoms with van der Waals surface area (Å²) in [5.41, 5.74) is 4.58. The predicted molar refractivity (Wildman–Crippen MR) is 136 cm³/mol. The minimum absolute atomic E-state index is 0.0940. The van der Waals surface area contributed by atoms with Gasteiger partial charge in [0.15, 0.2) is 0 Å². The first-order chi connectivity index (χ1) is 16.1. The summed E-state index contributed by atoms with van der Waals surface area (Å²) in [6.07, 6.45) is 0. The van der Waals surface area contributed by atoms with Gasteiger partial charge in [-0.2, -0.15) is 4.31 Å².